The van der Waals surface area contributed by atoms with Gasteiger partial charge in [0, 0.05) is 7.05 Å². The Labute approximate surface area is 145 Å². The molecule has 0 amide bonds. The van der Waals surface area contributed by atoms with Crippen LogP contribution in [-0.2, 0) is 13.7 Å². The topological polar surface area (TPSA) is 96.9 Å². The van der Waals surface area contributed by atoms with E-state index < -0.39 is 5.69 Å². The molecule has 0 radical (unpaired) electrons. The predicted octanol–water partition coefficient (Wildman–Crippen LogP) is 1.04. The van der Waals surface area contributed by atoms with Gasteiger partial charge in [-0.1, -0.05) is 18.2 Å². The average Bonchev–Trinajstić information content (AvgIpc) is 2.94. The molecular weight excluding hydrogens is 324 g/mol. The standard InChI is InChI=1S/C16H18N6O3/c1-4-24-15-12(9-25-13-8-6-5-7-11(13)2)14(17-10-18-15)22-16(23)21(3)19-20-22/h5-8,10H,4,9H2,1-3H3/i5T. The zero-order chi connectivity index (χ0) is 18.7. The van der Waals surface area contributed by atoms with Crippen molar-refractivity contribution in [3.63, 3.8) is 0 Å². The van der Waals surface area contributed by atoms with Gasteiger partial charge in [-0.25, -0.2) is 14.8 Å². The Morgan fingerprint density at radius 2 is 2.08 bits per heavy atom. The molecule has 2 aromatic heterocycles. The second-order valence-corrected chi connectivity index (χ2v) is 5.19. The highest BCUT2D eigenvalue weighted by atomic mass is 16.5. The summed E-state index contributed by atoms with van der Waals surface area (Å²) < 4.78 is 21.2. The number of aromatic nitrogens is 6. The Kier molecular flexibility index (Phi) is 4.36. The van der Waals surface area contributed by atoms with Crippen LogP contribution in [0.2, 0.25) is 0 Å². The molecule has 0 N–H and O–H groups in total. The second-order valence-electron chi connectivity index (χ2n) is 5.19. The number of para-hydroxylation sites is 1. The number of hydrogen-bond donors (Lipinski definition) is 0. The molecule has 0 saturated carbocycles. The fraction of sp³-hybridized carbons (Fsp3) is 0.312. The summed E-state index contributed by atoms with van der Waals surface area (Å²) >= 11 is 0. The van der Waals surface area contributed by atoms with E-state index in [4.69, 9.17) is 10.8 Å². The highest BCUT2D eigenvalue weighted by molar-refractivity contribution is 5.40. The third-order valence-corrected chi connectivity index (χ3v) is 3.48. The van der Waals surface area contributed by atoms with E-state index >= 15 is 0 Å². The minimum absolute atomic E-state index is 0.0622. The highest BCUT2D eigenvalue weighted by Gasteiger charge is 2.19. The minimum atomic E-state index is -0.442. The molecule has 3 aromatic rings. The van der Waals surface area contributed by atoms with Gasteiger partial charge in [0.2, 0.25) is 5.88 Å². The average molecular weight is 344 g/mol. The van der Waals surface area contributed by atoms with Gasteiger partial charge in [0.05, 0.1) is 13.5 Å². The Hall–Kier alpha value is -3.23. The summed E-state index contributed by atoms with van der Waals surface area (Å²) in [5.41, 5.74) is 0.860. The number of ether oxygens (including phenoxy) is 2. The van der Waals surface area contributed by atoms with Crippen LogP contribution in [0.4, 0.5) is 0 Å². The lowest BCUT2D eigenvalue weighted by molar-refractivity contribution is 0.277. The molecule has 9 heteroatoms. The lowest BCUT2D eigenvalue weighted by Crippen LogP contribution is -2.24. The van der Waals surface area contributed by atoms with Gasteiger partial charge in [0.25, 0.3) is 0 Å². The van der Waals surface area contributed by atoms with Crippen molar-refractivity contribution in [1.29, 1.82) is 0 Å². The summed E-state index contributed by atoms with van der Waals surface area (Å²) in [4.78, 5) is 20.5. The van der Waals surface area contributed by atoms with Crippen LogP contribution < -0.4 is 15.2 Å². The van der Waals surface area contributed by atoms with Crippen molar-refractivity contribution in [3.05, 3.63) is 52.2 Å². The molecule has 1 aromatic carbocycles. The van der Waals surface area contributed by atoms with Gasteiger partial charge in [-0.05, 0) is 35.9 Å². The summed E-state index contributed by atoms with van der Waals surface area (Å²) in [7, 11) is 1.50. The Morgan fingerprint density at radius 3 is 2.76 bits per heavy atom. The molecule has 0 bridgehead atoms. The van der Waals surface area contributed by atoms with Crippen molar-refractivity contribution >= 4 is 0 Å². The molecule has 2 heterocycles. The molecular formula is C16H18N6O3. The summed E-state index contributed by atoms with van der Waals surface area (Å²) in [5, 5.41) is 7.53. The third-order valence-electron chi connectivity index (χ3n) is 3.48. The van der Waals surface area contributed by atoms with Crippen LogP contribution in [0.3, 0.4) is 0 Å². The Balaban J connectivity index is 2.00. The van der Waals surface area contributed by atoms with E-state index in [2.05, 4.69) is 20.4 Å². The summed E-state index contributed by atoms with van der Waals surface area (Å²) in [6.07, 6.45) is 1.30. The minimum Gasteiger partial charge on any atom is -0.488 e. The van der Waals surface area contributed by atoms with Crippen molar-refractivity contribution in [1.82, 2.24) is 29.8 Å². The first kappa shape index (κ1) is 15.3. The van der Waals surface area contributed by atoms with Crippen molar-refractivity contribution in [2.45, 2.75) is 20.5 Å². The maximum Gasteiger partial charge on any atom is 0.369 e. The predicted molar refractivity (Wildman–Crippen MR) is 88.9 cm³/mol. The molecule has 0 aliphatic carbocycles. The van der Waals surface area contributed by atoms with E-state index in [9.17, 15) is 4.79 Å². The molecule has 25 heavy (non-hydrogen) atoms. The number of rotatable bonds is 6. The molecule has 0 unspecified atom stereocenters. The monoisotopic (exact) mass is 344 g/mol. The van der Waals surface area contributed by atoms with Crippen molar-refractivity contribution in [2.24, 2.45) is 7.05 Å². The number of aryl methyl sites for hydroxylation is 2. The molecule has 0 spiro atoms. The number of benzene rings is 1. The zero-order valence-corrected chi connectivity index (χ0v) is 14.1. The van der Waals surface area contributed by atoms with E-state index in [1.807, 2.05) is 13.8 Å². The molecule has 0 fully saturated rings. The first-order chi connectivity index (χ1) is 12.5. The van der Waals surface area contributed by atoms with Crippen molar-refractivity contribution in [2.75, 3.05) is 6.61 Å². The molecule has 0 aliphatic rings. The molecule has 0 saturated heterocycles. The van der Waals surface area contributed by atoms with E-state index in [1.165, 1.54) is 13.4 Å². The van der Waals surface area contributed by atoms with Crippen LogP contribution in [0, 0.1) is 6.92 Å². The van der Waals surface area contributed by atoms with Crippen LogP contribution in [0.25, 0.3) is 5.82 Å². The van der Waals surface area contributed by atoms with Gasteiger partial charge in [-0.2, -0.15) is 4.68 Å². The van der Waals surface area contributed by atoms with Gasteiger partial charge in [0.15, 0.2) is 5.82 Å². The Bertz CT molecular complexity index is 984. The van der Waals surface area contributed by atoms with Crippen LogP contribution >= 0.6 is 0 Å². The van der Waals surface area contributed by atoms with Crippen LogP contribution in [-0.4, -0.2) is 36.4 Å². The van der Waals surface area contributed by atoms with Gasteiger partial charge >= 0.3 is 5.69 Å². The van der Waals surface area contributed by atoms with E-state index in [-0.39, 0.29) is 12.4 Å². The maximum absolute atomic E-state index is 12.2. The van der Waals surface area contributed by atoms with Crippen LogP contribution in [0.1, 0.15) is 19.4 Å². The highest BCUT2D eigenvalue weighted by Crippen LogP contribution is 2.24. The zero-order valence-electron chi connectivity index (χ0n) is 15.1. The summed E-state index contributed by atoms with van der Waals surface area (Å²) in [5.74, 6) is 1.17. The number of hydrogen-bond acceptors (Lipinski definition) is 7. The first-order valence-corrected chi connectivity index (χ1v) is 7.67. The molecule has 0 atom stereocenters. The number of nitrogens with zero attached hydrogens (tertiary/aromatic N) is 6. The van der Waals surface area contributed by atoms with E-state index in [0.29, 0.717) is 29.8 Å². The molecule has 130 valence electrons. The maximum atomic E-state index is 12.2. The van der Waals surface area contributed by atoms with E-state index in [1.54, 1.807) is 18.2 Å². The molecule has 0 aliphatic heterocycles. The van der Waals surface area contributed by atoms with Crippen LogP contribution in [0.5, 0.6) is 11.6 Å². The smallest absolute Gasteiger partial charge is 0.369 e. The summed E-state index contributed by atoms with van der Waals surface area (Å²) in [6, 6.07) is 5.46. The van der Waals surface area contributed by atoms with Gasteiger partial charge in [-0.3, -0.25) is 0 Å². The normalized spacial score (nSPS) is 11.2. The van der Waals surface area contributed by atoms with Gasteiger partial charge < -0.3 is 9.47 Å². The fourth-order valence-electron chi connectivity index (χ4n) is 2.22. The first-order valence-electron chi connectivity index (χ1n) is 8.17. The third kappa shape index (κ3) is 3.35. The number of tetrazole rings is 1. The van der Waals surface area contributed by atoms with Crippen molar-refractivity contribution < 1.29 is 10.8 Å². The largest absolute Gasteiger partial charge is 0.488 e. The fourth-order valence-corrected chi connectivity index (χ4v) is 2.22. The summed E-state index contributed by atoms with van der Waals surface area (Å²) in [6.45, 7) is 4.14. The van der Waals surface area contributed by atoms with Gasteiger partial charge in [-0.15, -0.1) is 4.68 Å². The molecule has 3 rings (SSSR count). The second kappa shape index (κ2) is 7.12. The van der Waals surface area contributed by atoms with Crippen molar-refractivity contribution in [3.8, 4) is 17.4 Å². The lowest BCUT2D eigenvalue weighted by atomic mass is 10.2. The van der Waals surface area contributed by atoms with E-state index in [0.717, 1.165) is 14.9 Å². The molecule has 9 nitrogen and oxygen atoms in total. The lowest BCUT2D eigenvalue weighted by Gasteiger charge is -2.14. The quantitative estimate of drug-likeness (QED) is 0.659. The van der Waals surface area contributed by atoms with Gasteiger partial charge in [0.1, 0.15) is 18.7 Å². The van der Waals surface area contributed by atoms with Crippen LogP contribution in [0.15, 0.2) is 35.4 Å². The SMILES string of the molecule is [3H]c1ccc(OCc2c(OCC)ncnc2-n2nnn(C)c2=O)c(C)c1. The Morgan fingerprint density at radius 1 is 1.24 bits per heavy atom.